The third-order valence-electron chi connectivity index (χ3n) is 3.19. The van der Waals surface area contributed by atoms with Gasteiger partial charge >= 0.3 is 0 Å². The van der Waals surface area contributed by atoms with E-state index in [-0.39, 0.29) is 12.1 Å². The number of alkyl halides is 3. The van der Waals surface area contributed by atoms with Crippen LogP contribution in [0.15, 0.2) is 30.3 Å². The summed E-state index contributed by atoms with van der Waals surface area (Å²) in [6, 6.07) is 9.54. The first-order valence-electron chi connectivity index (χ1n) is 5.95. The van der Waals surface area contributed by atoms with E-state index in [1.54, 1.807) is 4.90 Å². The van der Waals surface area contributed by atoms with Gasteiger partial charge in [0.15, 0.2) is 0 Å². The SMILES string of the molecule is C[C@H]1[C@H](c2ccccc2)OCCN1C(=O)C(Cl)(Cl)Cl. The quantitative estimate of drug-likeness (QED) is 0.742. The van der Waals surface area contributed by atoms with Gasteiger partial charge in [0.05, 0.1) is 12.6 Å². The summed E-state index contributed by atoms with van der Waals surface area (Å²) in [5, 5.41) is 0. The van der Waals surface area contributed by atoms with Gasteiger partial charge in [-0.2, -0.15) is 0 Å². The lowest BCUT2D eigenvalue weighted by atomic mass is 10.0. The molecular formula is C13H14Cl3NO2. The zero-order chi connectivity index (χ0) is 14.0. The number of halogens is 3. The number of amides is 1. The smallest absolute Gasteiger partial charge is 0.275 e. The van der Waals surface area contributed by atoms with E-state index in [0.717, 1.165) is 5.56 Å². The molecule has 1 aromatic rings. The molecule has 104 valence electrons. The second-order valence-electron chi connectivity index (χ2n) is 4.44. The maximum atomic E-state index is 12.1. The first-order valence-corrected chi connectivity index (χ1v) is 7.09. The van der Waals surface area contributed by atoms with Crippen molar-refractivity contribution in [2.75, 3.05) is 13.2 Å². The van der Waals surface area contributed by atoms with E-state index >= 15 is 0 Å². The van der Waals surface area contributed by atoms with Gasteiger partial charge in [0.25, 0.3) is 9.70 Å². The van der Waals surface area contributed by atoms with Crippen LogP contribution in [-0.4, -0.2) is 33.8 Å². The molecule has 0 aliphatic carbocycles. The molecule has 0 bridgehead atoms. The van der Waals surface area contributed by atoms with Crippen LogP contribution in [0.1, 0.15) is 18.6 Å². The van der Waals surface area contributed by atoms with E-state index in [1.807, 2.05) is 37.3 Å². The predicted molar refractivity (Wildman–Crippen MR) is 76.6 cm³/mol. The number of carbonyl (C=O) groups excluding carboxylic acids is 1. The molecule has 1 heterocycles. The lowest BCUT2D eigenvalue weighted by molar-refractivity contribution is -0.144. The number of rotatable bonds is 1. The van der Waals surface area contributed by atoms with E-state index in [4.69, 9.17) is 39.5 Å². The molecule has 1 aromatic carbocycles. The molecule has 2 rings (SSSR count). The highest BCUT2D eigenvalue weighted by molar-refractivity contribution is 6.76. The number of ether oxygens (including phenoxy) is 1. The van der Waals surface area contributed by atoms with E-state index in [9.17, 15) is 4.79 Å². The van der Waals surface area contributed by atoms with Crippen molar-refractivity contribution >= 4 is 40.7 Å². The van der Waals surface area contributed by atoms with Gasteiger partial charge in [-0.1, -0.05) is 65.1 Å². The Kier molecular flexibility index (Phi) is 4.62. The van der Waals surface area contributed by atoms with Gasteiger partial charge in [-0.15, -0.1) is 0 Å². The number of hydrogen-bond acceptors (Lipinski definition) is 2. The topological polar surface area (TPSA) is 29.5 Å². The zero-order valence-corrected chi connectivity index (χ0v) is 12.6. The average molecular weight is 323 g/mol. The second-order valence-corrected chi connectivity index (χ2v) is 6.72. The summed E-state index contributed by atoms with van der Waals surface area (Å²) in [7, 11) is 0. The first-order chi connectivity index (χ1) is 8.91. The Morgan fingerprint density at radius 1 is 1.32 bits per heavy atom. The first kappa shape index (κ1) is 14.9. The minimum absolute atomic E-state index is 0.181. The van der Waals surface area contributed by atoms with Gasteiger partial charge in [0, 0.05) is 6.54 Å². The summed E-state index contributed by atoms with van der Waals surface area (Å²) in [6.07, 6.45) is -0.203. The van der Waals surface area contributed by atoms with Crippen molar-refractivity contribution in [1.82, 2.24) is 4.90 Å². The summed E-state index contributed by atoms with van der Waals surface area (Å²) in [5.41, 5.74) is 1.01. The molecular weight excluding hydrogens is 309 g/mol. The predicted octanol–water partition coefficient (Wildman–Crippen LogP) is 3.35. The van der Waals surface area contributed by atoms with Gasteiger partial charge in [-0.3, -0.25) is 4.79 Å². The van der Waals surface area contributed by atoms with Crippen LogP contribution in [0.5, 0.6) is 0 Å². The molecule has 0 radical (unpaired) electrons. The summed E-state index contributed by atoms with van der Waals surface area (Å²) in [4.78, 5) is 13.6. The van der Waals surface area contributed by atoms with Crippen LogP contribution >= 0.6 is 34.8 Å². The lowest BCUT2D eigenvalue weighted by Crippen LogP contribution is -2.52. The van der Waals surface area contributed by atoms with Crippen LogP contribution in [0, 0.1) is 0 Å². The molecule has 1 saturated heterocycles. The molecule has 1 amide bonds. The largest absolute Gasteiger partial charge is 0.370 e. The number of nitrogens with zero attached hydrogens (tertiary/aromatic N) is 1. The molecule has 2 atom stereocenters. The highest BCUT2D eigenvalue weighted by atomic mass is 35.6. The van der Waals surface area contributed by atoms with Gasteiger partial charge in [-0.25, -0.2) is 0 Å². The third kappa shape index (κ3) is 3.34. The Bertz CT molecular complexity index is 447. The molecule has 3 nitrogen and oxygen atoms in total. The second kappa shape index (κ2) is 5.88. The molecule has 0 saturated carbocycles. The van der Waals surface area contributed by atoms with Gasteiger partial charge in [0.1, 0.15) is 6.10 Å². The number of benzene rings is 1. The number of morpholine rings is 1. The van der Waals surface area contributed by atoms with Crippen molar-refractivity contribution in [3.05, 3.63) is 35.9 Å². The maximum Gasteiger partial charge on any atom is 0.275 e. The summed E-state index contributed by atoms with van der Waals surface area (Å²) in [6.45, 7) is 2.75. The molecule has 1 aliphatic heterocycles. The van der Waals surface area contributed by atoms with Gasteiger partial charge < -0.3 is 9.64 Å². The van der Waals surface area contributed by atoms with Crippen LogP contribution in [0.4, 0.5) is 0 Å². The fourth-order valence-corrected chi connectivity index (χ4v) is 2.58. The number of hydrogen-bond donors (Lipinski definition) is 0. The molecule has 0 N–H and O–H groups in total. The monoisotopic (exact) mass is 321 g/mol. The standard InChI is InChI=1S/C13H14Cl3NO2/c1-9-11(10-5-3-2-4-6-10)19-8-7-17(9)12(18)13(14,15)16/h2-6,9,11H,7-8H2,1H3/t9-,11+/m0/s1. The fraction of sp³-hybridized carbons (Fsp3) is 0.462. The zero-order valence-electron chi connectivity index (χ0n) is 10.4. The lowest BCUT2D eigenvalue weighted by Gasteiger charge is -2.40. The molecule has 1 fully saturated rings. The van der Waals surface area contributed by atoms with Crippen molar-refractivity contribution in [2.24, 2.45) is 0 Å². The van der Waals surface area contributed by atoms with Gasteiger partial charge in [-0.05, 0) is 12.5 Å². The number of carbonyl (C=O) groups is 1. The van der Waals surface area contributed by atoms with Crippen molar-refractivity contribution in [2.45, 2.75) is 22.9 Å². The summed E-state index contributed by atoms with van der Waals surface area (Å²) < 4.78 is 3.82. The minimum atomic E-state index is -1.92. The highest BCUT2D eigenvalue weighted by Gasteiger charge is 2.41. The van der Waals surface area contributed by atoms with Crippen LogP contribution < -0.4 is 0 Å². The van der Waals surface area contributed by atoms with Crippen molar-refractivity contribution in [3.63, 3.8) is 0 Å². The average Bonchev–Trinajstić information content (AvgIpc) is 2.38. The maximum absolute atomic E-state index is 12.1. The molecule has 1 aliphatic rings. The van der Waals surface area contributed by atoms with Crippen LogP contribution in [0.3, 0.4) is 0 Å². The fourth-order valence-electron chi connectivity index (χ4n) is 2.25. The van der Waals surface area contributed by atoms with Crippen LogP contribution in [0.2, 0.25) is 0 Å². The van der Waals surface area contributed by atoms with Crippen molar-refractivity contribution < 1.29 is 9.53 Å². The van der Waals surface area contributed by atoms with E-state index in [2.05, 4.69) is 0 Å². The summed E-state index contributed by atoms with van der Waals surface area (Å²) >= 11 is 17.0. The Balaban J connectivity index is 2.20. The molecule has 0 spiro atoms. The Morgan fingerprint density at radius 2 is 1.95 bits per heavy atom. The minimum Gasteiger partial charge on any atom is -0.370 e. The third-order valence-corrected chi connectivity index (χ3v) is 3.68. The Labute approximate surface area is 127 Å². The van der Waals surface area contributed by atoms with Gasteiger partial charge in [0.2, 0.25) is 0 Å². The molecule has 0 unspecified atom stereocenters. The van der Waals surface area contributed by atoms with E-state index < -0.39 is 9.70 Å². The Hall–Kier alpha value is -0.480. The van der Waals surface area contributed by atoms with Crippen LogP contribution in [-0.2, 0) is 9.53 Å². The van der Waals surface area contributed by atoms with E-state index in [0.29, 0.717) is 13.2 Å². The van der Waals surface area contributed by atoms with Crippen molar-refractivity contribution in [3.8, 4) is 0 Å². The molecule has 19 heavy (non-hydrogen) atoms. The van der Waals surface area contributed by atoms with Crippen LogP contribution in [0.25, 0.3) is 0 Å². The molecule has 0 aromatic heterocycles. The normalized spacial score (nSPS) is 24.3. The highest BCUT2D eigenvalue weighted by Crippen LogP contribution is 2.34. The Morgan fingerprint density at radius 3 is 2.53 bits per heavy atom. The molecule has 6 heteroatoms. The van der Waals surface area contributed by atoms with E-state index in [1.165, 1.54) is 0 Å². The van der Waals surface area contributed by atoms with Crippen molar-refractivity contribution in [1.29, 1.82) is 0 Å². The summed E-state index contributed by atoms with van der Waals surface area (Å²) in [5.74, 6) is -0.505.